The van der Waals surface area contributed by atoms with Gasteiger partial charge in [-0.2, -0.15) is 5.10 Å². The van der Waals surface area contributed by atoms with E-state index in [9.17, 15) is 4.79 Å². The lowest BCUT2D eigenvalue weighted by Crippen LogP contribution is -2.36. The number of fused-ring (bicyclic) bond motifs is 1. The zero-order valence-corrected chi connectivity index (χ0v) is 14.3. The first-order chi connectivity index (χ1) is 10.3. The van der Waals surface area contributed by atoms with Gasteiger partial charge in [-0.3, -0.25) is 4.68 Å². The van der Waals surface area contributed by atoms with Crippen LogP contribution in [-0.4, -0.2) is 21.4 Å². The summed E-state index contributed by atoms with van der Waals surface area (Å²) in [5, 5.41) is 4.00. The largest absolute Gasteiger partial charge is 0.487 e. The molecule has 2 heterocycles. The van der Waals surface area contributed by atoms with Crippen molar-refractivity contribution < 1.29 is 14.3 Å². The molecule has 0 spiro atoms. The summed E-state index contributed by atoms with van der Waals surface area (Å²) in [7, 11) is 1.76. The van der Waals surface area contributed by atoms with E-state index in [-0.39, 0.29) is 17.7 Å². The first kappa shape index (κ1) is 15.1. The third-order valence-electron chi connectivity index (χ3n) is 3.57. The monoisotopic (exact) mass is 364 g/mol. The fraction of sp³-hybridized carbons (Fsp3) is 0.375. The fourth-order valence-electron chi connectivity index (χ4n) is 2.59. The van der Waals surface area contributed by atoms with Gasteiger partial charge in [-0.25, -0.2) is 4.79 Å². The minimum atomic E-state index is -0.388. The summed E-state index contributed by atoms with van der Waals surface area (Å²) in [5.41, 5.74) is 0.940. The van der Waals surface area contributed by atoms with E-state index in [1.165, 1.54) is 6.20 Å². The van der Waals surface area contributed by atoms with Crippen LogP contribution < -0.4 is 4.74 Å². The number of rotatable bonds is 2. The molecule has 22 heavy (non-hydrogen) atoms. The van der Waals surface area contributed by atoms with Gasteiger partial charge in [0, 0.05) is 29.7 Å². The van der Waals surface area contributed by atoms with Crippen molar-refractivity contribution in [1.82, 2.24) is 9.78 Å². The van der Waals surface area contributed by atoms with Gasteiger partial charge < -0.3 is 9.47 Å². The lowest BCUT2D eigenvalue weighted by molar-refractivity contribution is -0.0161. The molecule has 1 atom stereocenters. The highest BCUT2D eigenvalue weighted by Gasteiger charge is 2.36. The molecule has 0 saturated heterocycles. The number of esters is 1. The standard InChI is InChI=1S/C16H17BrN2O3/c1-16(2)7-14(12-6-11(17)4-5-13(12)22-16)21-15(20)10-8-18-19(3)9-10/h4-6,8-9,14H,7H2,1-3H3/t14-/m0/s1. The molecule has 1 aromatic carbocycles. The molecule has 0 bridgehead atoms. The number of hydrogen-bond donors (Lipinski definition) is 0. The van der Waals surface area contributed by atoms with E-state index in [4.69, 9.17) is 9.47 Å². The fourth-order valence-corrected chi connectivity index (χ4v) is 2.97. The van der Waals surface area contributed by atoms with Gasteiger partial charge in [0.05, 0.1) is 11.8 Å². The minimum absolute atomic E-state index is 0.344. The Morgan fingerprint density at radius 3 is 2.95 bits per heavy atom. The average Bonchev–Trinajstić information content (AvgIpc) is 2.85. The smallest absolute Gasteiger partial charge is 0.341 e. The topological polar surface area (TPSA) is 53.4 Å². The van der Waals surface area contributed by atoms with E-state index < -0.39 is 0 Å². The molecule has 0 amide bonds. The van der Waals surface area contributed by atoms with Gasteiger partial charge in [-0.1, -0.05) is 15.9 Å². The summed E-state index contributed by atoms with van der Waals surface area (Å²) in [6, 6.07) is 5.75. The normalized spacial score (nSPS) is 19.2. The summed E-state index contributed by atoms with van der Waals surface area (Å²) >= 11 is 3.45. The van der Waals surface area contributed by atoms with Crippen LogP contribution in [0.1, 0.15) is 42.3 Å². The van der Waals surface area contributed by atoms with Crippen LogP contribution >= 0.6 is 15.9 Å². The Bertz CT molecular complexity index is 724. The molecule has 0 radical (unpaired) electrons. The molecule has 0 unspecified atom stereocenters. The molecule has 2 aromatic rings. The molecule has 1 aliphatic heterocycles. The number of benzene rings is 1. The molecule has 0 fully saturated rings. The molecular formula is C16H17BrN2O3. The summed E-state index contributed by atoms with van der Waals surface area (Å²) in [6.07, 6.45) is 3.41. The van der Waals surface area contributed by atoms with Gasteiger partial charge in [0.25, 0.3) is 0 Å². The Balaban J connectivity index is 1.90. The van der Waals surface area contributed by atoms with E-state index in [1.54, 1.807) is 17.9 Å². The maximum atomic E-state index is 12.3. The molecule has 0 N–H and O–H groups in total. The summed E-state index contributed by atoms with van der Waals surface area (Å²) < 4.78 is 14.2. The van der Waals surface area contributed by atoms with Crippen LogP contribution in [0.3, 0.4) is 0 Å². The van der Waals surface area contributed by atoms with Crippen LogP contribution in [0.4, 0.5) is 0 Å². The first-order valence-corrected chi connectivity index (χ1v) is 7.81. The highest BCUT2D eigenvalue weighted by atomic mass is 79.9. The SMILES string of the molecule is Cn1cc(C(=O)O[C@H]2CC(C)(C)Oc3ccc(Br)cc32)cn1. The Hall–Kier alpha value is -1.82. The molecule has 5 nitrogen and oxygen atoms in total. The predicted molar refractivity (Wildman–Crippen MR) is 84.8 cm³/mol. The molecular weight excluding hydrogens is 348 g/mol. The van der Waals surface area contributed by atoms with Crippen molar-refractivity contribution in [2.45, 2.75) is 32.0 Å². The summed E-state index contributed by atoms with van der Waals surface area (Å²) in [5.74, 6) is 0.380. The Labute approximate surface area is 137 Å². The summed E-state index contributed by atoms with van der Waals surface area (Å²) in [6.45, 7) is 3.98. The number of carbonyl (C=O) groups is 1. The number of halogens is 1. The van der Waals surface area contributed by atoms with Crippen molar-refractivity contribution in [3.8, 4) is 5.75 Å². The third-order valence-corrected chi connectivity index (χ3v) is 4.07. The molecule has 116 valence electrons. The maximum Gasteiger partial charge on any atom is 0.341 e. The molecule has 1 aromatic heterocycles. The van der Waals surface area contributed by atoms with Crippen LogP contribution in [0.15, 0.2) is 35.1 Å². The van der Waals surface area contributed by atoms with Crippen molar-refractivity contribution in [3.05, 3.63) is 46.2 Å². The zero-order valence-electron chi connectivity index (χ0n) is 12.7. The molecule has 6 heteroatoms. The van der Waals surface area contributed by atoms with Gasteiger partial charge >= 0.3 is 5.97 Å². The molecule has 0 saturated carbocycles. The van der Waals surface area contributed by atoms with Crippen molar-refractivity contribution in [3.63, 3.8) is 0 Å². The second-order valence-electron chi connectivity index (χ2n) is 6.04. The number of hydrogen-bond acceptors (Lipinski definition) is 4. The van der Waals surface area contributed by atoms with Gasteiger partial charge in [-0.15, -0.1) is 0 Å². The highest BCUT2D eigenvalue weighted by Crippen LogP contribution is 2.42. The second kappa shape index (κ2) is 5.43. The van der Waals surface area contributed by atoms with Crippen LogP contribution in [0, 0.1) is 0 Å². The molecule has 3 rings (SSSR count). The lowest BCUT2D eigenvalue weighted by Gasteiger charge is -2.37. The van der Waals surface area contributed by atoms with Crippen molar-refractivity contribution in [2.75, 3.05) is 0 Å². The number of ether oxygens (including phenoxy) is 2. The minimum Gasteiger partial charge on any atom is -0.487 e. The van der Waals surface area contributed by atoms with Crippen LogP contribution in [0.25, 0.3) is 0 Å². The van der Waals surface area contributed by atoms with E-state index in [0.717, 1.165) is 15.8 Å². The van der Waals surface area contributed by atoms with Crippen molar-refractivity contribution in [2.24, 2.45) is 7.05 Å². The van der Waals surface area contributed by atoms with Gasteiger partial charge in [0.1, 0.15) is 17.5 Å². The summed E-state index contributed by atoms with van der Waals surface area (Å²) in [4.78, 5) is 12.3. The van der Waals surface area contributed by atoms with Crippen LogP contribution in [0.5, 0.6) is 5.75 Å². The molecule has 0 aliphatic carbocycles. The lowest BCUT2D eigenvalue weighted by atomic mass is 9.91. The number of nitrogens with zero attached hydrogens (tertiary/aromatic N) is 2. The Kier molecular flexibility index (Phi) is 3.72. The van der Waals surface area contributed by atoms with E-state index >= 15 is 0 Å². The van der Waals surface area contributed by atoms with Crippen LogP contribution in [0.2, 0.25) is 0 Å². The van der Waals surface area contributed by atoms with Gasteiger partial charge in [0.15, 0.2) is 0 Å². The number of aromatic nitrogens is 2. The van der Waals surface area contributed by atoms with Crippen LogP contribution in [-0.2, 0) is 11.8 Å². The number of aryl methyl sites for hydroxylation is 1. The maximum absolute atomic E-state index is 12.3. The van der Waals surface area contributed by atoms with Crippen molar-refractivity contribution in [1.29, 1.82) is 0 Å². The van der Waals surface area contributed by atoms with E-state index in [0.29, 0.717) is 12.0 Å². The zero-order chi connectivity index (χ0) is 15.9. The van der Waals surface area contributed by atoms with E-state index in [2.05, 4.69) is 21.0 Å². The van der Waals surface area contributed by atoms with Gasteiger partial charge in [0.2, 0.25) is 0 Å². The quantitative estimate of drug-likeness (QED) is 0.763. The third kappa shape index (κ3) is 3.02. The molecule has 1 aliphatic rings. The number of carbonyl (C=O) groups excluding carboxylic acids is 1. The Morgan fingerprint density at radius 1 is 1.50 bits per heavy atom. The highest BCUT2D eigenvalue weighted by molar-refractivity contribution is 9.10. The first-order valence-electron chi connectivity index (χ1n) is 7.02. The second-order valence-corrected chi connectivity index (χ2v) is 6.96. The van der Waals surface area contributed by atoms with E-state index in [1.807, 2.05) is 32.0 Å². The van der Waals surface area contributed by atoms with Gasteiger partial charge in [-0.05, 0) is 32.0 Å². The predicted octanol–water partition coefficient (Wildman–Crippen LogP) is 3.64. The Morgan fingerprint density at radius 2 is 2.27 bits per heavy atom. The van der Waals surface area contributed by atoms with Crippen molar-refractivity contribution >= 4 is 21.9 Å². The average molecular weight is 365 g/mol.